The summed E-state index contributed by atoms with van der Waals surface area (Å²) in [5.74, 6) is 0. The number of hydrogen-bond donors (Lipinski definition) is 1. The minimum Gasteiger partial charge on any atom is -0.260 e. The molecule has 1 unspecified atom stereocenters. The SMILES string of the molecule is C#CNS(=O)c1ccccc1. The molecule has 1 N–H and O–H groups in total. The first kappa shape index (κ1) is 7.83. The smallest absolute Gasteiger partial charge is 0.157 e. The van der Waals surface area contributed by atoms with Gasteiger partial charge < -0.3 is 0 Å². The van der Waals surface area contributed by atoms with Crippen LogP contribution in [0.5, 0.6) is 0 Å². The van der Waals surface area contributed by atoms with Gasteiger partial charge in [-0.2, -0.15) is 0 Å². The van der Waals surface area contributed by atoms with Crippen LogP contribution in [-0.2, 0) is 11.0 Å². The molecule has 0 bridgehead atoms. The molecule has 0 fully saturated rings. The van der Waals surface area contributed by atoms with Crippen molar-refractivity contribution in [3.63, 3.8) is 0 Å². The summed E-state index contributed by atoms with van der Waals surface area (Å²) < 4.78 is 13.5. The Balaban J connectivity index is 2.79. The van der Waals surface area contributed by atoms with Gasteiger partial charge >= 0.3 is 0 Å². The summed E-state index contributed by atoms with van der Waals surface area (Å²) in [5, 5.41) is 0. The van der Waals surface area contributed by atoms with Crippen LogP contribution in [-0.4, -0.2) is 4.21 Å². The standard InChI is InChI=1S/C8H7NOS/c1-2-9-11(10)8-6-4-3-5-7-8/h1,3-7,9H. The lowest BCUT2D eigenvalue weighted by Crippen LogP contribution is -2.09. The van der Waals surface area contributed by atoms with Crippen LogP contribution in [0.4, 0.5) is 0 Å². The van der Waals surface area contributed by atoms with Crippen molar-refractivity contribution in [1.29, 1.82) is 0 Å². The van der Waals surface area contributed by atoms with E-state index < -0.39 is 11.0 Å². The summed E-state index contributed by atoms with van der Waals surface area (Å²) in [6.45, 7) is 0. The molecule has 2 nitrogen and oxygen atoms in total. The highest BCUT2D eigenvalue weighted by molar-refractivity contribution is 7.83. The molecule has 0 saturated carbocycles. The highest BCUT2D eigenvalue weighted by atomic mass is 32.2. The largest absolute Gasteiger partial charge is 0.260 e. The lowest BCUT2D eigenvalue weighted by molar-refractivity contribution is 0.680. The van der Waals surface area contributed by atoms with Gasteiger partial charge in [0.05, 0.1) is 4.90 Å². The van der Waals surface area contributed by atoms with Crippen molar-refractivity contribution in [1.82, 2.24) is 4.72 Å². The van der Waals surface area contributed by atoms with Gasteiger partial charge in [-0.25, -0.2) is 4.21 Å². The van der Waals surface area contributed by atoms with Crippen molar-refractivity contribution in [2.24, 2.45) is 0 Å². The summed E-state index contributed by atoms with van der Waals surface area (Å²) in [4.78, 5) is 0.686. The van der Waals surface area contributed by atoms with Crippen LogP contribution >= 0.6 is 0 Å². The van der Waals surface area contributed by atoms with E-state index in [-0.39, 0.29) is 0 Å². The van der Waals surface area contributed by atoms with Crippen LogP contribution in [0.2, 0.25) is 0 Å². The number of rotatable bonds is 2. The van der Waals surface area contributed by atoms with Gasteiger partial charge in [0.25, 0.3) is 0 Å². The third-order valence-corrected chi connectivity index (χ3v) is 2.11. The molecule has 0 saturated heterocycles. The van der Waals surface area contributed by atoms with Gasteiger partial charge in [-0.3, -0.25) is 4.72 Å². The Labute approximate surface area is 68.2 Å². The maximum absolute atomic E-state index is 11.1. The van der Waals surface area contributed by atoms with Crippen molar-refractivity contribution >= 4 is 11.0 Å². The minimum absolute atomic E-state index is 0.686. The number of hydrogen-bond acceptors (Lipinski definition) is 1. The Morgan fingerprint density at radius 3 is 2.55 bits per heavy atom. The Morgan fingerprint density at radius 2 is 2.00 bits per heavy atom. The molecule has 0 aliphatic rings. The predicted molar refractivity (Wildman–Crippen MR) is 44.8 cm³/mol. The fourth-order valence-corrected chi connectivity index (χ4v) is 1.29. The summed E-state index contributed by atoms with van der Waals surface area (Å²) in [6.07, 6.45) is 4.91. The zero-order valence-corrected chi connectivity index (χ0v) is 6.60. The Hall–Kier alpha value is -1.27. The second kappa shape index (κ2) is 3.79. The average Bonchev–Trinajstić information content (AvgIpc) is 2.07. The molecule has 0 spiro atoms. The predicted octanol–water partition coefficient (Wildman–Crippen LogP) is 0.890. The third kappa shape index (κ3) is 2.10. The number of nitrogens with one attached hydrogen (secondary N) is 1. The molecule has 0 heterocycles. The van der Waals surface area contributed by atoms with Crippen LogP contribution in [0.25, 0.3) is 0 Å². The van der Waals surface area contributed by atoms with Gasteiger partial charge in [0, 0.05) is 6.04 Å². The van der Waals surface area contributed by atoms with Crippen LogP contribution in [0.1, 0.15) is 0 Å². The molecule has 3 heteroatoms. The van der Waals surface area contributed by atoms with Gasteiger partial charge in [0.1, 0.15) is 0 Å². The molecule has 56 valence electrons. The van der Waals surface area contributed by atoms with Crippen molar-refractivity contribution in [2.45, 2.75) is 4.90 Å². The van der Waals surface area contributed by atoms with E-state index in [2.05, 4.69) is 10.8 Å². The van der Waals surface area contributed by atoms with E-state index in [9.17, 15) is 4.21 Å². The highest BCUT2D eigenvalue weighted by Crippen LogP contribution is 2.01. The van der Waals surface area contributed by atoms with Crippen LogP contribution in [0, 0.1) is 12.5 Å². The summed E-state index contributed by atoms with van der Waals surface area (Å²) >= 11 is 0. The van der Waals surface area contributed by atoms with Crippen molar-refractivity contribution in [3.8, 4) is 12.5 Å². The van der Waals surface area contributed by atoms with Crippen molar-refractivity contribution in [2.75, 3.05) is 0 Å². The quantitative estimate of drug-likeness (QED) is 0.511. The Morgan fingerprint density at radius 1 is 1.36 bits per heavy atom. The van der Waals surface area contributed by atoms with E-state index in [1.54, 1.807) is 12.1 Å². The second-order valence-electron chi connectivity index (χ2n) is 1.83. The van der Waals surface area contributed by atoms with Crippen molar-refractivity contribution < 1.29 is 4.21 Å². The molecular formula is C8H7NOS. The number of terminal acetylenes is 1. The Bertz CT molecular complexity index is 289. The summed E-state index contributed by atoms with van der Waals surface area (Å²) in [6, 6.07) is 11.1. The molecule has 1 atom stereocenters. The molecule has 0 amide bonds. The van der Waals surface area contributed by atoms with Gasteiger partial charge in [0.15, 0.2) is 11.0 Å². The molecule has 0 radical (unpaired) electrons. The zero-order chi connectivity index (χ0) is 8.10. The zero-order valence-electron chi connectivity index (χ0n) is 5.78. The molecule has 1 aromatic carbocycles. The molecule has 11 heavy (non-hydrogen) atoms. The maximum atomic E-state index is 11.1. The second-order valence-corrected chi connectivity index (χ2v) is 3.04. The topological polar surface area (TPSA) is 29.1 Å². The lowest BCUT2D eigenvalue weighted by atomic mass is 10.4. The minimum atomic E-state index is -1.27. The first-order chi connectivity index (χ1) is 5.34. The normalized spacial score (nSPS) is 11.5. The third-order valence-electron chi connectivity index (χ3n) is 1.11. The van der Waals surface area contributed by atoms with E-state index in [0.29, 0.717) is 4.90 Å². The molecular weight excluding hydrogens is 158 g/mol. The molecule has 1 rings (SSSR count). The molecule has 0 aliphatic heterocycles. The molecule has 1 aromatic rings. The molecule has 0 aliphatic carbocycles. The number of benzene rings is 1. The van der Waals surface area contributed by atoms with E-state index in [1.165, 1.54) is 0 Å². The van der Waals surface area contributed by atoms with Gasteiger partial charge in [0.2, 0.25) is 0 Å². The van der Waals surface area contributed by atoms with Crippen molar-refractivity contribution in [3.05, 3.63) is 30.3 Å². The van der Waals surface area contributed by atoms with E-state index in [0.717, 1.165) is 0 Å². The van der Waals surface area contributed by atoms with Gasteiger partial charge in [-0.05, 0) is 12.1 Å². The fraction of sp³-hybridized carbons (Fsp3) is 0. The van der Waals surface area contributed by atoms with E-state index in [1.807, 2.05) is 18.2 Å². The monoisotopic (exact) mass is 165 g/mol. The lowest BCUT2D eigenvalue weighted by Gasteiger charge is -1.96. The summed E-state index contributed by atoms with van der Waals surface area (Å²) in [7, 11) is -1.27. The van der Waals surface area contributed by atoms with Gasteiger partial charge in [-0.15, -0.1) is 0 Å². The highest BCUT2D eigenvalue weighted by Gasteiger charge is 1.97. The van der Waals surface area contributed by atoms with Crippen LogP contribution < -0.4 is 4.72 Å². The van der Waals surface area contributed by atoms with Gasteiger partial charge in [-0.1, -0.05) is 24.6 Å². The fourth-order valence-electron chi connectivity index (χ4n) is 0.657. The maximum Gasteiger partial charge on any atom is 0.157 e. The first-order valence-electron chi connectivity index (χ1n) is 3.02. The first-order valence-corrected chi connectivity index (χ1v) is 4.17. The average molecular weight is 165 g/mol. The van der Waals surface area contributed by atoms with Crippen LogP contribution in [0.3, 0.4) is 0 Å². The molecule has 0 aromatic heterocycles. The van der Waals surface area contributed by atoms with E-state index in [4.69, 9.17) is 6.42 Å². The van der Waals surface area contributed by atoms with Crippen LogP contribution in [0.15, 0.2) is 35.2 Å². The summed E-state index contributed by atoms with van der Waals surface area (Å²) in [5.41, 5.74) is 0. The Kier molecular flexibility index (Phi) is 2.70. The van der Waals surface area contributed by atoms with E-state index >= 15 is 0 Å².